The van der Waals surface area contributed by atoms with Gasteiger partial charge in [0, 0.05) is 22.9 Å². The molecule has 2 unspecified atom stereocenters. The monoisotopic (exact) mass is 924 g/mol. The van der Waals surface area contributed by atoms with Gasteiger partial charge in [-0.2, -0.15) is 9.97 Å². The van der Waals surface area contributed by atoms with E-state index in [2.05, 4.69) is 25.2 Å². The van der Waals surface area contributed by atoms with Gasteiger partial charge in [-0.15, -0.1) is 11.6 Å². The summed E-state index contributed by atoms with van der Waals surface area (Å²) in [6.45, 7) is 3.36. The summed E-state index contributed by atoms with van der Waals surface area (Å²) >= 11 is 28.7. The van der Waals surface area contributed by atoms with Gasteiger partial charge in [0.25, 0.3) is 12.4 Å². The molecule has 0 saturated carbocycles. The van der Waals surface area contributed by atoms with Crippen molar-refractivity contribution < 1.29 is 147 Å². The average molecular weight is 927 g/mol. The third-order valence-corrected chi connectivity index (χ3v) is 7.61. The molecule has 56 heavy (non-hydrogen) atoms. The van der Waals surface area contributed by atoms with Crippen LogP contribution in [0.4, 0.5) is 8.78 Å². The van der Waals surface area contributed by atoms with Crippen LogP contribution in [-0.2, 0) is 22.5 Å². The minimum atomic E-state index is -0.474. The molecule has 0 saturated heterocycles. The average Bonchev–Trinajstić information content (AvgIpc) is 3.81. The number of hydrogen-bond acceptors (Lipinski definition) is 11. The molecular weight excluding hydrogens is 894 g/mol. The standard InChI is InChI=1S/C17H13Cl2FN2O2.C11H10ClFN2O.C6H4Cl2O.CH2O3.CH4.2K.H/c1-10(23-15-7-4-12(18)9-14(15)19)17-21-16(22-24-17)8-11-2-5-13(20)6-3-11;1-7(12)11-14-10(15-16-11)6-8-2-4-9(13)5-3-8;7-4-1-2-6(9)5(8)3-4;2-1-4-3;;;;/h2-7,9-10H,8H2,1H3;2-5,7H,6H2,1H3;1-3,9H;1,3H;1H4;;;/q;;;;;2*+1;-1/p-1. The SMILES string of the molecule is C.CC(Cl)c1nc(Cc2ccc(F)cc2)no1.CC(Oc1ccc(Cl)cc1Cl)c1nc(Cc2ccc(F)cc2)no1.O=CO[O-].Oc1ccc(Cl)cc1Cl.[H-].[K+].[K+]. The number of aromatic nitrogens is 4. The number of halogens is 7. The molecule has 0 aliphatic carbocycles. The maximum absolute atomic E-state index is 12.9. The van der Waals surface area contributed by atoms with E-state index in [4.69, 9.17) is 86.9 Å². The Morgan fingerprint density at radius 3 is 1.59 bits per heavy atom. The Morgan fingerprint density at radius 2 is 1.20 bits per heavy atom. The fourth-order valence-corrected chi connectivity index (χ4v) is 4.82. The molecule has 0 spiro atoms. The van der Waals surface area contributed by atoms with Crippen LogP contribution in [0.1, 0.15) is 68.7 Å². The van der Waals surface area contributed by atoms with Crippen molar-refractivity contribution >= 4 is 64.5 Å². The molecular formula is C36H33Cl5F2K2N4O7. The maximum atomic E-state index is 12.9. The Balaban J connectivity index is 0. The van der Waals surface area contributed by atoms with Gasteiger partial charge in [-0.25, -0.2) is 8.78 Å². The van der Waals surface area contributed by atoms with Gasteiger partial charge in [0.1, 0.15) is 28.5 Å². The van der Waals surface area contributed by atoms with Crippen molar-refractivity contribution in [3.05, 3.63) is 151 Å². The number of carbonyl (C=O) groups excluding carboxylic acids is 1. The Morgan fingerprint density at radius 1 is 0.768 bits per heavy atom. The molecule has 2 heterocycles. The molecule has 0 radical (unpaired) electrons. The van der Waals surface area contributed by atoms with Crippen molar-refractivity contribution in [3.63, 3.8) is 0 Å². The van der Waals surface area contributed by atoms with Crippen LogP contribution in [0, 0.1) is 11.6 Å². The topological polar surface area (TPSA) is 157 Å². The summed E-state index contributed by atoms with van der Waals surface area (Å²) in [6.07, 6.45) is 0.476. The van der Waals surface area contributed by atoms with E-state index in [0.717, 1.165) is 11.1 Å². The van der Waals surface area contributed by atoms with E-state index in [1.54, 1.807) is 62.4 Å². The van der Waals surface area contributed by atoms with Crippen molar-refractivity contribution in [2.75, 3.05) is 0 Å². The zero-order chi connectivity index (χ0) is 38.9. The molecule has 290 valence electrons. The third-order valence-electron chi connectivity index (χ3n) is 6.35. The Labute approximate surface area is 433 Å². The molecule has 0 aliphatic rings. The zero-order valence-corrected chi connectivity index (χ0v) is 39.6. The summed E-state index contributed by atoms with van der Waals surface area (Å²) in [5.41, 5.74) is 1.81. The van der Waals surface area contributed by atoms with Crippen molar-refractivity contribution in [1.29, 1.82) is 0 Å². The molecule has 6 aromatic rings. The fourth-order valence-electron chi connectivity index (χ4n) is 3.87. The Hall–Kier alpha value is -1.23. The molecule has 0 amide bonds. The molecule has 1 N–H and O–H groups in total. The minimum absolute atomic E-state index is 0. The van der Waals surface area contributed by atoms with Crippen molar-refractivity contribution in [2.24, 2.45) is 0 Å². The quantitative estimate of drug-likeness (QED) is 0.0728. The number of phenols is 1. The Kier molecular flexibility index (Phi) is 28.4. The molecule has 4 aromatic carbocycles. The summed E-state index contributed by atoms with van der Waals surface area (Å²) in [4.78, 5) is 19.7. The van der Waals surface area contributed by atoms with Gasteiger partial charge < -0.3 is 30.5 Å². The molecule has 0 aliphatic heterocycles. The van der Waals surface area contributed by atoms with Crippen LogP contribution >= 0.6 is 58.0 Å². The van der Waals surface area contributed by atoms with Crippen LogP contribution in [0.2, 0.25) is 20.1 Å². The van der Waals surface area contributed by atoms with Gasteiger partial charge in [-0.05, 0) is 85.6 Å². The minimum Gasteiger partial charge on any atom is -1.00 e. The summed E-state index contributed by atoms with van der Waals surface area (Å²) in [5, 5.41) is 26.4. The van der Waals surface area contributed by atoms with Gasteiger partial charge in [-0.1, -0.05) is 88.4 Å². The Bertz CT molecular complexity index is 2040. The molecule has 2 atom stereocenters. The number of alkyl halides is 1. The van der Waals surface area contributed by atoms with Crippen LogP contribution < -0.4 is 113 Å². The van der Waals surface area contributed by atoms with E-state index in [-0.39, 0.29) is 146 Å². The van der Waals surface area contributed by atoms with E-state index in [9.17, 15) is 8.78 Å². The largest absolute Gasteiger partial charge is 1.00 e. The van der Waals surface area contributed by atoms with E-state index >= 15 is 0 Å². The molecule has 11 nitrogen and oxygen atoms in total. The first-order valence-electron chi connectivity index (χ1n) is 15.0. The first-order valence-corrected chi connectivity index (χ1v) is 17.0. The molecule has 20 heteroatoms. The van der Waals surface area contributed by atoms with Gasteiger partial charge in [0.15, 0.2) is 17.8 Å². The van der Waals surface area contributed by atoms with E-state index in [1.165, 1.54) is 36.4 Å². The van der Waals surface area contributed by atoms with Crippen molar-refractivity contribution in [1.82, 2.24) is 20.3 Å². The van der Waals surface area contributed by atoms with Crippen LogP contribution in [0.5, 0.6) is 11.5 Å². The molecule has 0 fully saturated rings. The number of ether oxygens (including phenoxy) is 1. The number of benzene rings is 4. The normalized spacial score (nSPS) is 10.8. The predicted octanol–water partition coefficient (Wildman–Crippen LogP) is 4.24. The number of aromatic hydroxyl groups is 1. The molecule has 2 aromatic heterocycles. The first-order chi connectivity index (χ1) is 25.3. The van der Waals surface area contributed by atoms with E-state index in [1.807, 2.05) is 0 Å². The summed E-state index contributed by atoms with van der Waals surface area (Å²) in [5.74, 6) is 1.77. The van der Waals surface area contributed by atoms with E-state index in [0.29, 0.717) is 57.1 Å². The number of hydrogen-bond donors (Lipinski definition) is 1. The first kappa shape index (κ1) is 54.8. The van der Waals surface area contributed by atoms with Crippen LogP contribution in [-0.4, -0.2) is 31.9 Å². The zero-order valence-electron chi connectivity index (χ0n) is 30.6. The second kappa shape index (κ2) is 29.1. The number of phenolic OH excluding ortho intramolecular Hbond substituents is 1. The van der Waals surface area contributed by atoms with E-state index < -0.39 is 6.10 Å². The van der Waals surface area contributed by atoms with Gasteiger partial charge >= 0.3 is 103 Å². The van der Waals surface area contributed by atoms with Crippen molar-refractivity contribution in [2.45, 2.75) is 45.6 Å². The van der Waals surface area contributed by atoms with Crippen molar-refractivity contribution in [3.8, 4) is 11.5 Å². The fraction of sp³-hybridized carbons (Fsp3) is 0.194. The van der Waals surface area contributed by atoms with Gasteiger partial charge in [0.2, 0.25) is 5.89 Å². The van der Waals surface area contributed by atoms with Gasteiger partial charge in [0.05, 0.1) is 10.0 Å². The number of nitrogens with zero attached hydrogens (tertiary/aromatic N) is 4. The van der Waals surface area contributed by atoms with Gasteiger partial charge in [-0.3, -0.25) is 4.79 Å². The summed E-state index contributed by atoms with van der Waals surface area (Å²) in [7, 11) is 0. The smallest absolute Gasteiger partial charge is 1.00 e. The second-order valence-corrected chi connectivity index (χ2v) is 12.8. The summed E-state index contributed by atoms with van der Waals surface area (Å²) < 4.78 is 41.5. The molecule has 6 rings (SSSR count). The van der Waals surface area contributed by atoms with Crippen LogP contribution in [0.3, 0.4) is 0 Å². The maximum Gasteiger partial charge on any atom is 1.00 e. The molecule has 0 bridgehead atoms. The number of carbonyl (C=O) groups is 1. The number of rotatable bonds is 9. The van der Waals surface area contributed by atoms with Crippen LogP contribution in [0.15, 0.2) is 94.0 Å². The van der Waals surface area contributed by atoms with Crippen LogP contribution in [0.25, 0.3) is 0 Å². The second-order valence-electron chi connectivity index (χ2n) is 10.4. The predicted molar refractivity (Wildman–Crippen MR) is 200 cm³/mol. The third kappa shape index (κ3) is 20.2. The summed E-state index contributed by atoms with van der Waals surface area (Å²) in [6, 6.07) is 21.8.